The fraction of sp³-hybridized carbons (Fsp3) is 0.722. The molecule has 1 atom stereocenters. The van der Waals surface area contributed by atoms with Crippen LogP contribution >= 0.6 is 0 Å². The SMILES string of the molecule is CCCN(CC1CCCCN1)c1ccc(C(C)(C)C)cn1. The average molecular weight is 289 g/mol. The van der Waals surface area contributed by atoms with Gasteiger partial charge in [0.2, 0.25) is 0 Å². The van der Waals surface area contributed by atoms with E-state index in [1.807, 2.05) is 6.20 Å². The van der Waals surface area contributed by atoms with Crippen LogP contribution in [0.3, 0.4) is 0 Å². The van der Waals surface area contributed by atoms with Crippen molar-refractivity contribution in [2.24, 2.45) is 0 Å². The summed E-state index contributed by atoms with van der Waals surface area (Å²) >= 11 is 0. The van der Waals surface area contributed by atoms with Crippen LogP contribution in [0.4, 0.5) is 5.82 Å². The molecule has 3 heteroatoms. The minimum atomic E-state index is 0.173. The van der Waals surface area contributed by atoms with E-state index in [2.05, 4.69) is 50.0 Å². The largest absolute Gasteiger partial charge is 0.355 e. The Labute approximate surface area is 130 Å². The Morgan fingerprint density at radius 2 is 2.10 bits per heavy atom. The van der Waals surface area contributed by atoms with Gasteiger partial charge in [-0.1, -0.05) is 40.2 Å². The minimum Gasteiger partial charge on any atom is -0.355 e. The summed E-state index contributed by atoms with van der Waals surface area (Å²) in [4.78, 5) is 7.17. The van der Waals surface area contributed by atoms with Crippen molar-refractivity contribution in [1.29, 1.82) is 0 Å². The van der Waals surface area contributed by atoms with E-state index in [1.54, 1.807) is 0 Å². The predicted molar refractivity (Wildman–Crippen MR) is 91.1 cm³/mol. The number of piperidine rings is 1. The summed E-state index contributed by atoms with van der Waals surface area (Å²) in [5.41, 5.74) is 1.48. The number of hydrogen-bond donors (Lipinski definition) is 1. The van der Waals surface area contributed by atoms with Gasteiger partial charge in [0.05, 0.1) is 0 Å². The van der Waals surface area contributed by atoms with Crippen molar-refractivity contribution < 1.29 is 0 Å². The Kier molecular flexibility index (Phi) is 5.63. The molecule has 1 aromatic heterocycles. The molecule has 0 spiro atoms. The Hall–Kier alpha value is -1.09. The number of nitrogens with one attached hydrogen (secondary N) is 1. The third kappa shape index (κ3) is 4.70. The van der Waals surface area contributed by atoms with Gasteiger partial charge in [-0.3, -0.25) is 0 Å². The third-order valence-electron chi connectivity index (χ3n) is 4.28. The number of anilines is 1. The zero-order valence-corrected chi connectivity index (χ0v) is 14.2. The van der Waals surface area contributed by atoms with Gasteiger partial charge in [0.1, 0.15) is 5.82 Å². The van der Waals surface area contributed by atoms with Crippen molar-refractivity contribution in [3.8, 4) is 0 Å². The van der Waals surface area contributed by atoms with E-state index in [1.165, 1.54) is 31.4 Å². The van der Waals surface area contributed by atoms with Crippen LogP contribution < -0.4 is 10.2 Å². The molecule has 2 heterocycles. The molecule has 1 N–H and O–H groups in total. The van der Waals surface area contributed by atoms with E-state index in [0.717, 1.165) is 25.3 Å². The molecule has 21 heavy (non-hydrogen) atoms. The van der Waals surface area contributed by atoms with E-state index in [4.69, 9.17) is 4.98 Å². The lowest BCUT2D eigenvalue weighted by molar-refractivity contribution is 0.398. The fourth-order valence-electron chi connectivity index (χ4n) is 2.93. The smallest absolute Gasteiger partial charge is 0.128 e. The Bertz CT molecular complexity index is 413. The number of rotatable bonds is 5. The molecule has 3 nitrogen and oxygen atoms in total. The minimum absolute atomic E-state index is 0.173. The van der Waals surface area contributed by atoms with Gasteiger partial charge >= 0.3 is 0 Å². The van der Waals surface area contributed by atoms with Crippen LogP contribution in [-0.4, -0.2) is 30.7 Å². The zero-order valence-electron chi connectivity index (χ0n) is 14.2. The van der Waals surface area contributed by atoms with Crippen molar-refractivity contribution in [2.45, 2.75) is 64.8 Å². The van der Waals surface area contributed by atoms with Crippen molar-refractivity contribution in [3.63, 3.8) is 0 Å². The highest BCUT2D eigenvalue weighted by molar-refractivity contribution is 5.40. The van der Waals surface area contributed by atoms with Crippen LogP contribution in [0.1, 0.15) is 58.9 Å². The lowest BCUT2D eigenvalue weighted by atomic mass is 9.88. The van der Waals surface area contributed by atoms with Gasteiger partial charge in [-0.25, -0.2) is 4.98 Å². The maximum absolute atomic E-state index is 4.73. The highest BCUT2D eigenvalue weighted by Crippen LogP contribution is 2.23. The van der Waals surface area contributed by atoms with Crippen LogP contribution in [-0.2, 0) is 5.41 Å². The molecular formula is C18H31N3. The third-order valence-corrected chi connectivity index (χ3v) is 4.28. The highest BCUT2D eigenvalue weighted by Gasteiger charge is 2.18. The molecule has 2 rings (SSSR count). The van der Waals surface area contributed by atoms with Gasteiger partial charge in [-0.2, -0.15) is 0 Å². The van der Waals surface area contributed by atoms with E-state index in [0.29, 0.717) is 6.04 Å². The average Bonchev–Trinajstić information content (AvgIpc) is 2.47. The summed E-state index contributed by atoms with van der Waals surface area (Å²) in [5, 5.41) is 3.64. The van der Waals surface area contributed by atoms with Gasteiger partial charge in [0, 0.05) is 25.3 Å². The topological polar surface area (TPSA) is 28.2 Å². The predicted octanol–water partition coefficient (Wildman–Crippen LogP) is 3.74. The van der Waals surface area contributed by atoms with Gasteiger partial charge < -0.3 is 10.2 Å². The van der Waals surface area contributed by atoms with E-state index < -0.39 is 0 Å². The van der Waals surface area contributed by atoms with Crippen molar-refractivity contribution in [1.82, 2.24) is 10.3 Å². The van der Waals surface area contributed by atoms with Crippen molar-refractivity contribution >= 4 is 5.82 Å². The lowest BCUT2D eigenvalue weighted by Gasteiger charge is -2.31. The highest BCUT2D eigenvalue weighted by atomic mass is 15.2. The monoisotopic (exact) mass is 289 g/mol. The number of hydrogen-bond acceptors (Lipinski definition) is 3. The first-order valence-corrected chi connectivity index (χ1v) is 8.45. The lowest BCUT2D eigenvalue weighted by Crippen LogP contribution is -2.44. The molecule has 0 bridgehead atoms. The normalized spacial score (nSPS) is 19.5. The summed E-state index contributed by atoms with van der Waals surface area (Å²) < 4.78 is 0. The second-order valence-corrected chi connectivity index (χ2v) is 7.25. The van der Waals surface area contributed by atoms with E-state index >= 15 is 0 Å². The maximum atomic E-state index is 4.73. The summed E-state index contributed by atoms with van der Waals surface area (Å²) in [6.07, 6.45) is 7.18. The second kappa shape index (κ2) is 7.26. The number of aromatic nitrogens is 1. The molecule has 0 saturated carbocycles. The molecule has 1 saturated heterocycles. The molecule has 1 aliphatic rings. The van der Waals surface area contributed by atoms with Crippen LogP contribution in [0.2, 0.25) is 0 Å². The van der Waals surface area contributed by atoms with Gasteiger partial charge in [0.15, 0.2) is 0 Å². The Morgan fingerprint density at radius 1 is 1.29 bits per heavy atom. The molecule has 0 aliphatic carbocycles. The first-order valence-electron chi connectivity index (χ1n) is 8.45. The fourth-order valence-corrected chi connectivity index (χ4v) is 2.93. The molecule has 1 aromatic rings. The molecule has 1 aliphatic heterocycles. The summed E-state index contributed by atoms with van der Waals surface area (Å²) in [7, 11) is 0. The Balaban J connectivity index is 2.06. The zero-order chi connectivity index (χ0) is 15.3. The van der Waals surface area contributed by atoms with Gasteiger partial charge in [-0.15, -0.1) is 0 Å². The van der Waals surface area contributed by atoms with Crippen LogP contribution in [0, 0.1) is 0 Å². The summed E-state index contributed by atoms with van der Waals surface area (Å²) in [6, 6.07) is 5.05. The molecule has 0 amide bonds. The molecule has 0 aromatic carbocycles. The molecular weight excluding hydrogens is 258 g/mol. The van der Waals surface area contributed by atoms with Crippen LogP contribution in [0.5, 0.6) is 0 Å². The van der Waals surface area contributed by atoms with Crippen molar-refractivity contribution in [3.05, 3.63) is 23.9 Å². The maximum Gasteiger partial charge on any atom is 0.128 e. The van der Waals surface area contributed by atoms with Crippen LogP contribution in [0.15, 0.2) is 18.3 Å². The van der Waals surface area contributed by atoms with E-state index in [-0.39, 0.29) is 5.41 Å². The van der Waals surface area contributed by atoms with Crippen LogP contribution in [0.25, 0.3) is 0 Å². The molecule has 118 valence electrons. The first kappa shape index (κ1) is 16.3. The number of nitrogens with zero attached hydrogens (tertiary/aromatic N) is 2. The van der Waals surface area contributed by atoms with Crippen molar-refractivity contribution in [2.75, 3.05) is 24.5 Å². The molecule has 1 unspecified atom stereocenters. The first-order chi connectivity index (χ1) is 10.0. The summed E-state index contributed by atoms with van der Waals surface area (Å²) in [5.74, 6) is 1.12. The van der Waals surface area contributed by atoms with Gasteiger partial charge in [0.25, 0.3) is 0 Å². The molecule has 0 radical (unpaired) electrons. The quantitative estimate of drug-likeness (QED) is 0.895. The number of pyridine rings is 1. The summed E-state index contributed by atoms with van der Waals surface area (Å²) in [6.45, 7) is 12.3. The second-order valence-electron chi connectivity index (χ2n) is 7.25. The van der Waals surface area contributed by atoms with E-state index in [9.17, 15) is 0 Å². The van der Waals surface area contributed by atoms with Gasteiger partial charge in [-0.05, 0) is 42.9 Å². The molecule has 1 fully saturated rings. The standard InChI is InChI=1S/C18H31N3/c1-5-12-21(14-16-8-6-7-11-19-16)17-10-9-15(13-20-17)18(2,3)4/h9-10,13,16,19H,5-8,11-12,14H2,1-4H3. The Morgan fingerprint density at radius 3 is 2.62 bits per heavy atom.